The molecule has 34 heavy (non-hydrogen) atoms. The molecule has 1 N–H and O–H groups in total. The van der Waals surface area contributed by atoms with Gasteiger partial charge < -0.3 is 9.64 Å². The van der Waals surface area contributed by atoms with Crippen molar-refractivity contribution in [2.75, 3.05) is 19.0 Å². The summed E-state index contributed by atoms with van der Waals surface area (Å²) in [5, 5.41) is 2.97. The van der Waals surface area contributed by atoms with Crippen LogP contribution in [0.4, 0.5) is 10.5 Å². The number of benzene rings is 1. The first-order chi connectivity index (χ1) is 16.3. The molecule has 2 amide bonds. The quantitative estimate of drug-likeness (QED) is 0.568. The molecular weight excluding hydrogens is 424 g/mol. The number of para-hydroxylation sites is 1. The van der Waals surface area contributed by atoms with E-state index in [0.717, 1.165) is 42.9 Å². The van der Waals surface area contributed by atoms with Crippen LogP contribution in [0, 0.1) is 34.5 Å². The van der Waals surface area contributed by atoms with Gasteiger partial charge in [0.1, 0.15) is 0 Å². The molecule has 0 aromatic heterocycles. The standard InChI is InChI=1S/C29H42N2O3/c1-5-19-8-6-7-9-24(19)30-27(33)34-18-20-10-12-22-21-11-13-25-29(3,17-15-26(32)31(25)4)23(21)14-16-28(20,22)2/h6-9,20-23,25H,5,10-18H2,1-4H3,(H,30,33)/t20?,21-,22-,23+,25?,28+,29+/m0/s1. The fourth-order valence-corrected chi connectivity index (χ4v) is 8.81. The largest absolute Gasteiger partial charge is 0.449 e. The Morgan fingerprint density at radius 1 is 1.06 bits per heavy atom. The minimum atomic E-state index is -0.329. The first-order valence-corrected chi connectivity index (χ1v) is 13.5. The van der Waals surface area contributed by atoms with Crippen LogP contribution in [-0.2, 0) is 16.0 Å². The molecule has 1 aromatic rings. The molecule has 5 rings (SSSR count). The van der Waals surface area contributed by atoms with E-state index < -0.39 is 0 Å². The lowest BCUT2D eigenvalue weighted by atomic mass is 9.47. The number of carbonyl (C=O) groups is 2. The number of ether oxygens (including phenoxy) is 1. The van der Waals surface area contributed by atoms with Crippen LogP contribution >= 0.6 is 0 Å². The molecule has 1 heterocycles. The Hall–Kier alpha value is -2.04. The van der Waals surface area contributed by atoms with E-state index in [9.17, 15) is 9.59 Å². The van der Waals surface area contributed by atoms with Crippen LogP contribution < -0.4 is 5.32 Å². The number of fused-ring (bicyclic) bond motifs is 5. The van der Waals surface area contributed by atoms with Gasteiger partial charge in [-0.15, -0.1) is 0 Å². The number of rotatable bonds is 4. The molecule has 0 spiro atoms. The van der Waals surface area contributed by atoms with E-state index in [0.29, 0.717) is 42.7 Å². The molecule has 7 atom stereocenters. The first kappa shape index (κ1) is 23.7. The third kappa shape index (κ3) is 3.74. The van der Waals surface area contributed by atoms with Crippen LogP contribution in [0.1, 0.15) is 77.7 Å². The molecule has 3 saturated carbocycles. The zero-order valence-corrected chi connectivity index (χ0v) is 21.4. The molecule has 4 fully saturated rings. The maximum Gasteiger partial charge on any atom is 0.411 e. The summed E-state index contributed by atoms with van der Waals surface area (Å²) in [6, 6.07) is 8.36. The summed E-state index contributed by atoms with van der Waals surface area (Å²) in [6.07, 6.45) is 9.57. The van der Waals surface area contributed by atoms with Gasteiger partial charge in [-0.05, 0) is 97.5 Å². The van der Waals surface area contributed by atoms with Gasteiger partial charge in [-0.1, -0.05) is 39.0 Å². The fraction of sp³-hybridized carbons (Fsp3) is 0.724. The highest BCUT2D eigenvalue weighted by Gasteiger charge is 2.61. The van der Waals surface area contributed by atoms with E-state index in [4.69, 9.17) is 4.74 Å². The number of aryl methyl sites for hydroxylation is 1. The molecule has 1 saturated heterocycles. The highest BCUT2D eigenvalue weighted by atomic mass is 16.5. The van der Waals surface area contributed by atoms with Crippen molar-refractivity contribution in [1.29, 1.82) is 0 Å². The second-order valence-corrected chi connectivity index (χ2v) is 12.0. The number of likely N-dealkylation sites (tertiary alicyclic amines) is 1. The summed E-state index contributed by atoms with van der Waals surface area (Å²) < 4.78 is 5.82. The lowest BCUT2D eigenvalue weighted by molar-refractivity contribution is -0.158. The number of nitrogens with zero attached hydrogens (tertiary/aromatic N) is 1. The smallest absolute Gasteiger partial charge is 0.411 e. The van der Waals surface area contributed by atoms with Gasteiger partial charge in [0.25, 0.3) is 0 Å². The SMILES string of the molecule is CCc1ccccc1NC(=O)OCC1CC[C@H]2[C@@H]3CCC4N(C)C(=O)CC[C@]4(C)[C@@H]3CC[C@]12C. The van der Waals surface area contributed by atoms with Crippen LogP contribution in [0.3, 0.4) is 0 Å². The molecule has 186 valence electrons. The number of nitrogens with one attached hydrogen (secondary N) is 1. The van der Waals surface area contributed by atoms with Gasteiger partial charge in [-0.2, -0.15) is 0 Å². The van der Waals surface area contributed by atoms with Crippen LogP contribution in [-0.4, -0.2) is 36.6 Å². The Kier molecular flexibility index (Phi) is 6.18. The molecule has 0 radical (unpaired) electrons. The lowest BCUT2D eigenvalue weighted by Gasteiger charge is -2.61. The molecule has 5 nitrogen and oxygen atoms in total. The van der Waals surface area contributed by atoms with Crippen LogP contribution in [0.25, 0.3) is 0 Å². The van der Waals surface area contributed by atoms with Crippen molar-refractivity contribution in [1.82, 2.24) is 4.90 Å². The third-order valence-electron chi connectivity index (χ3n) is 10.8. The van der Waals surface area contributed by atoms with Crippen LogP contribution in [0.2, 0.25) is 0 Å². The van der Waals surface area contributed by atoms with E-state index >= 15 is 0 Å². The van der Waals surface area contributed by atoms with Crippen molar-refractivity contribution in [2.45, 2.75) is 84.6 Å². The van der Waals surface area contributed by atoms with Crippen LogP contribution in [0.15, 0.2) is 24.3 Å². The maximum absolute atomic E-state index is 12.6. The lowest BCUT2D eigenvalue weighted by Crippen LogP contribution is -2.61. The Morgan fingerprint density at radius 2 is 1.82 bits per heavy atom. The zero-order valence-electron chi connectivity index (χ0n) is 21.4. The highest BCUT2D eigenvalue weighted by Crippen LogP contribution is 2.66. The van der Waals surface area contributed by atoms with Gasteiger partial charge in [0.15, 0.2) is 0 Å². The summed E-state index contributed by atoms with van der Waals surface area (Å²) in [5.74, 6) is 2.95. The molecule has 5 heteroatoms. The summed E-state index contributed by atoms with van der Waals surface area (Å²) >= 11 is 0. The van der Waals surface area contributed by atoms with Gasteiger partial charge in [-0.25, -0.2) is 4.79 Å². The number of piperidine rings is 1. The second-order valence-electron chi connectivity index (χ2n) is 12.0. The van der Waals surface area contributed by atoms with Gasteiger partial charge in [-0.3, -0.25) is 10.1 Å². The topological polar surface area (TPSA) is 58.6 Å². The van der Waals surface area contributed by atoms with Crippen molar-refractivity contribution < 1.29 is 14.3 Å². The van der Waals surface area contributed by atoms with E-state index in [2.05, 4.69) is 31.0 Å². The monoisotopic (exact) mass is 466 g/mol. The zero-order chi connectivity index (χ0) is 24.1. The minimum Gasteiger partial charge on any atom is -0.449 e. The minimum absolute atomic E-state index is 0.252. The number of amides is 2. The number of hydrogen-bond donors (Lipinski definition) is 1. The Balaban J connectivity index is 1.24. The number of anilines is 1. The van der Waals surface area contributed by atoms with Crippen molar-refractivity contribution in [3.05, 3.63) is 29.8 Å². The third-order valence-corrected chi connectivity index (χ3v) is 10.8. The summed E-state index contributed by atoms with van der Waals surface area (Å²) in [5.41, 5.74) is 2.49. The van der Waals surface area contributed by atoms with E-state index in [-0.39, 0.29) is 16.9 Å². The summed E-state index contributed by atoms with van der Waals surface area (Å²) in [6.45, 7) is 7.57. The molecule has 3 aliphatic carbocycles. The molecule has 0 bridgehead atoms. The second kappa shape index (κ2) is 8.87. The average Bonchev–Trinajstić information content (AvgIpc) is 3.17. The predicted molar refractivity (Wildman–Crippen MR) is 134 cm³/mol. The molecule has 4 aliphatic rings. The van der Waals surface area contributed by atoms with E-state index in [1.165, 1.54) is 25.7 Å². The summed E-state index contributed by atoms with van der Waals surface area (Å²) in [4.78, 5) is 27.1. The number of carbonyl (C=O) groups excluding carboxylic acids is 2. The summed E-state index contributed by atoms with van der Waals surface area (Å²) in [7, 11) is 2.03. The van der Waals surface area contributed by atoms with Gasteiger partial charge in [0, 0.05) is 25.2 Å². The Morgan fingerprint density at radius 3 is 2.62 bits per heavy atom. The predicted octanol–water partition coefficient (Wildman–Crippen LogP) is 6.28. The van der Waals surface area contributed by atoms with Gasteiger partial charge in [0.2, 0.25) is 5.91 Å². The number of hydrogen-bond acceptors (Lipinski definition) is 3. The molecule has 1 aliphatic heterocycles. The molecule has 1 aromatic carbocycles. The van der Waals surface area contributed by atoms with Crippen molar-refractivity contribution in [3.8, 4) is 0 Å². The Bertz CT molecular complexity index is 947. The van der Waals surface area contributed by atoms with Crippen molar-refractivity contribution >= 4 is 17.7 Å². The Labute approximate surface area is 205 Å². The fourth-order valence-electron chi connectivity index (χ4n) is 8.81. The van der Waals surface area contributed by atoms with Gasteiger partial charge >= 0.3 is 6.09 Å². The normalized spacial score (nSPS) is 39.1. The first-order valence-electron chi connectivity index (χ1n) is 13.5. The van der Waals surface area contributed by atoms with Crippen LogP contribution in [0.5, 0.6) is 0 Å². The van der Waals surface area contributed by atoms with Crippen molar-refractivity contribution in [2.24, 2.45) is 34.5 Å². The molecular formula is C29H42N2O3. The maximum atomic E-state index is 12.6. The van der Waals surface area contributed by atoms with E-state index in [1.54, 1.807) is 0 Å². The highest BCUT2D eigenvalue weighted by molar-refractivity contribution is 5.85. The average molecular weight is 467 g/mol. The van der Waals surface area contributed by atoms with E-state index in [1.807, 2.05) is 31.3 Å². The van der Waals surface area contributed by atoms with Crippen molar-refractivity contribution in [3.63, 3.8) is 0 Å². The van der Waals surface area contributed by atoms with Gasteiger partial charge in [0.05, 0.1) is 6.61 Å². The molecule has 2 unspecified atom stereocenters.